The smallest absolute Gasteiger partial charge is 0.243 e. The van der Waals surface area contributed by atoms with Crippen molar-refractivity contribution >= 4 is 34.5 Å². The van der Waals surface area contributed by atoms with Gasteiger partial charge in [0.2, 0.25) is 11.2 Å². The van der Waals surface area contributed by atoms with Gasteiger partial charge in [-0.2, -0.15) is 9.97 Å². The number of imidazole rings is 1. The number of amides is 1. The molecule has 2 aliphatic rings. The lowest BCUT2D eigenvalue weighted by molar-refractivity contribution is -0.125. The third-order valence-corrected chi connectivity index (χ3v) is 4.97. The van der Waals surface area contributed by atoms with E-state index < -0.39 is 30.4 Å². The maximum atomic E-state index is 10.8. The van der Waals surface area contributed by atoms with Gasteiger partial charge in [0.15, 0.2) is 23.2 Å². The molecule has 13 heteroatoms. The van der Waals surface area contributed by atoms with Crippen LogP contribution in [0.25, 0.3) is 11.2 Å². The Labute approximate surface area is 169 Å². The van der Waals surface area contributed by atoms with E-state index >= 15 is 0 Å². The lowest BCUT2D eigenvalue weighted by Crippen LogP contribution is -2.34. The number of carbonyl (C=O) groups is 1. The number of hydrogen-bond acceptors (Lipinski definition) is 10. The van der Waals surface area contributed by atoms with E-state index in [0.717, 1.165) is 6.42 Å². The van der Waals surface area contributed by atoms with Crippen molar-refractivity contribution in [1.29, 1.82) is 0 Å². The molecule has 12 nitrogen and oxygen atoms in total. The summed E-state index contributed by atoms with van der Waals surface area (Å²) in [6, 6.07) is 0.0799. The Balaban J connectivity index is 1.57. The van der Waals surface area contributed by atoms with E-state index in [-0.39, 0.29) is 24.5 Å². The summed E-state index contributed by atoms with van der Waals surface area (Å²) in [6.07, 6.45) is -2.10. The number of nitrogens with zero attached hydrogens (tertiary/aromatic N) is 4. The van der Waals surface area contributed by atoms with Gasteiger partial charge in [-0.05, 0) is 18.0 Å². The first-order valence-corrected chi connectivity index (χ1v) is 9.44. The number of fused-ring (bicyclic) bond motifs is 1. The zero-order valence-corrected chi connectivity index (χ0v) is 16.0. The van der Waals surface area contributed by atoms with Gasteiger partial charge in [-0.3, -0.25) is 9.36 Å². The van der Waals surface area contributed by atoms with Crippen LogP contribution in [0, 0.1) is 0 Å². The normalized spacial score (nSPS) is 29.6. The molecule has 0 aromatic carbocycles. The van der Waals surface area contributed by atoms with E-state index in [1.165, 1.54) is 10.9 Å². The number of primary amides is 1. The number of aliphatic hydroxyl groups is 2. The quantitative estimate of drug-likeness (QED) is 0.393. The molecule has 2 aromatic heterocycles. The molecule has 0 bridgehead atoms. The minimum Gasteiger partial charge on any atom is -0.387 e. The molecule has 4 rings (SSSR count). The van der Waals surface area contributed by atoms with E-state index in [4.69, 9.17) is 31.5 Å². The van der Waals surface area contributed by atoms with E-state index in [0.29, 0.717) is 30.2 Å². The number of aromatic nitrogens is 4. The van der Waals surface area contributed by atoms with Crippen LogP contribution in [0.15, 0.2) is 6.33 Å². The number of carbonyl (C=O) groups excluding carboxylic acids is 1. The first-order valence-electron chi connectivity index (χ1n) is 9.06. The van der Waals surface area contributed by atoms with Gasteiger partial charge < -0.3 is 35.5 Å². The van der Waals surface area contributed by atoms with E-state index in [1.54, 1.807) is 0 Å². The summed E-state index contributed by atoms with van der Waals surface area (Å²) in [5, 5.41) is 24.0. The fourth-order valence-electron chi connectivity index (χ4n) is 3.39. The van der Waals surface area contributed by atoms with Gasteiger partial charge in [-0.15, -0.1) is 0 Å². The van der Waals surface area contributed by atoms with Crippen molar-refractivity contribution in [3.63, 3.8) is 0 Å². The van der Waals surface area contributed by atoms with Crippen LogP contribution in [0.2, 0.25) is 5.28 Å². The lowest BCUT2D eigenvalue weighted by Gasteiger charge is -2.17. The number of aliphatic hydroxyl groups excluding tert-OH is 2. The minimum atomic E-state index is -1.28. The number of rotatable bonds is 7. The van der Waals surface area contributed by atoms with E-state index in [9.17, 15) is 15.0 Å². The molecule has 2 fully saturated rings. The Kier molecular flexibility index (Phi) is 5.81. The fraction of sp³-hybridized carbons (Fsp3) is 0.625. The third-order valence-electron chi connectivity index (χ3n) is 4.80. The van der Waals surface area contributed by atoms with Crippen molar-refractivity contribution in [2.75, 3.05) is 31.7 Å². The minimum absolute atomic E-state index is 0.00459. The lowest BCUT2D eigenvalue weighted by atomic mass is 10.1. The average molecular weight is 429 g/mol. The molecule has 0 spiro atoms. The van der Waals surface area contributed by atoms with Crippen molar-refractivity contribution in [1.82, 2.24) is 19.5 Å². The Morgan fingerprint density at radius 2 is 2.24 bits per heavy atom. The molecular formula is C16H21ClN6O6. The Bertz CT molecular complexity index is 890. The zero-order chi connectivity index (χ0) is 20.5. The molecule has 0 aliphatic carbocycles. The fourth-order valence-corrected chi connectivity index (χ4v) is 3.56. The average Bonchev–Trinajstić information content (AvgIpc) is 3.38. The summed E-state index contributed by atoms with van der Waals surface area (Å²) < 4.78 is 17.7. The predicted molar refractivity (Wildman–Crippen MR) is 99.1 cm³/mol. The molecule has 2 aliphatic heterocycles. The molecule has 5 atom stereocenters. The van der Waals surface area contributed by atoms with Gasteiger partial charge in [0, 0.05) is 6.61 Å². The topological polar surface area (TPSA) is 167 Å². The van der Waals surface area contributed by atoms with Crippen molar-refractivity contribution in [3.05, 3.63) is 11.6 Å². The van der Waals surface area contributed by atoms with Gasteiger partial charge in [0.1, 0.15) is 24.9 Å². The second-order valence-electron chi connectivity index (χ2n) is 6.90. The molecule has 158 valence electrons. The van der Waals surface area contributed by atoms with Crippen LogP contribution in [-0.2, 0) is 19.0 Å². The highest BCUT2D eigenvalue weighted by atomic mass is 35.5. The standard InChI is InChI=1S/C16H21ClN6O6/c17-16-21-13(20-7-1-2-27-3-7)10-14(22-16)23(6-19-10)15-12(26)11(25)8(29-15)4-28-5-9(18)24/h6-8,11-12,15,25-26H,1-5H2,(H2,18,24)(H,20,21,22)/t7-,8-,11-,12-,15-/m1/s1. The van der Waals surface area contributed by atoms with Crippen LogP contribution < -0.4 is 11.1 Å². The highest BCUT2D eigenvalue weighted by molar-refractivity contribution is 6.28. The summed E-state index contributed by atoms with van der Waals surface area (Å²) in [6.45, 7) is 0.777. The number of halogens is 1. The number of nitrogens with two attached hydrogens (primary N) is 1. The van der Waals surface area contributed by atoms with E-state index in [1.807, 2.05) is 0 Å². The second kappa shape index (κ2) is 8.34. The molecule has 2 saturated heterocycles. The SMILES string of the molecule is NC(=O)COC[C@H]1O[C@@H](n2cnc3c(N[C@@H]4CCOC4)nc(Cl)nc32)[C@H](O)[C@@H]1O. The van der Waals surface area contributed by atoms with Crippen LogP contribution in [0.1, 0.15) is 12.6 Å². The molecule has 1 amide bonds. The molecule has 0 unspecified atom stereocenters. The number of hydrogen-bond donors (Lipinski definition) is 4. The molecule has 2 aromatic rings. The van der Waals surface area contributed by atoms with Crippen molar-refractivity contribution in [2.45, 2.75) is 37.0 Å². The maximum Gasteiger partial charge on any atom is 0.243 e. The van der Waals surface area contributed by atoms with Crippen LogP contribution in [0.4, 0.5) is 5.82 Å². The Morgan fingerprint density at radius 1 is 1.41 bits per heavy atom. The number of ether oxygens (including phenoxy) is 3. The molecule has 5 N–H and O–H groups in total. The maximum absolute atomic E-state index is 10.8. The molecule has 4 heterocycles. The van der Waals surface area contributed by atoms with E-state index in [2.05, 4.69) is 20.3 Å². The van der Waals surface area contributed by atoms with Gasteiger partial charge in [-0.1, -0.05) is 0 Å². The molecule has 0 saturated carbocycles. The van der Waals surface area contributed by atoms with Crippen LogP contribution >= 0.6 is 11.6 Å². The summed E-state index contributed by atoms with van der Waals surface area (Å²) in [5.41, 5.74) is 5.80. The summed E-state index contributed by atoms with van der Waals surface area (Å²) in [4.78, 5) is 23.5. The van der Waals surface area contributed by atoms with Gasteiger partial charge >= 0.3 is 0 Å². The highest BCUT2D eigenvalue weighted by Crippen LogP contribution is 2.33. The number of nitrogens with one attached hydrogen (secondary N) is 1. The molecule has 29 heavy (non-hydrogen) atoms. The Hall–Kier alpha value is -2.09. The van der Waals surface area contributed by atoms with Crippen molar-refractivity contribution in [3.8, 4) is 0 Å². The highest BCUT2D eigenvalue weighted by Gasteiger charge is 2.44. The first kappa shape index (κ1) is 20.2. The van der Waals surface area contributed by atoms with Gasteiger partial charge in [0.25, 0.3) is 0 Å². The Morgan fingerprint density at radius 3 is 2.97 bits per heavy atom. The molecular weight excluding hydrogens is 408 g/mol. The van der Waals surface area contributed by atoms with Crippen molar-refractivity contribution in [2.24, 2.45) is 5.73 Å². The number of anilines is 1. The summed E-state index contributed by atoms with van der Waals surface area (Å²) >= 11 is 6.09. The van der Waals surface area contributed by atoms with Gasteiger partial charge in [0.05, 0.1) is 25.6 Å². The monoisotopic (exact) mass is 428 g/mol. The zero-order valence-electron chi connectivity index (χ0n) is 15.3. The van der Waals surface area contributed by atoms with Crippen molar-refractivity contribution < 1.29 is 29.2 Å². The van der Waals surface area contributed by atoms with Crippen LogP contribution in [-0.4, -0.2) is 86.4 Å². The predicted octanol–water partition coefficient (Wildman–Crippen LogP) is -1.20. The first-order chi connectivity index (χ1) is 13.9. The van der Waals surface area contributed by atoms with Gasteiger partial charge in [-0.25, -0.2) is 4.98 Å². The largest absolute Gasteiger partial charge is 0.387 e. The van der Waals surface area contributed by atoms with Crippen LogP contribution in [0.5, 0.6) is 0 Å². The second-order valence-corrected chi connectivity index (χ2v) is 7.24. The third kappa shape index (κ3) is 4.13. The summed E-state index contributed by atoms with van der Waals surface area (Å²) in [7, 11) is 0. The summed E-state index contributed by atoms with van der Waals surface area (Å²) in [5.74, 6) is -0.196. The van der Waals surface area contributed by atoms with Crippen LogP contribution in [0.3, 0.4) is 0 Å². The molecule has 0 radical (unpaired) electrons.